The number of benzene rings is 4. The minimum absolute atomic E-state index is 0.194. The maximum absolute atomic E-state index is 11.8. The molecule has 0 aliphatic rings. The minimum atomic E-state index is -1.01. The van der Waals surface area contributed by atoms with Gasteiger partial charge in [-0.2, -0.15) is 0 Å². The molecular formula is C26H20N6O8S2. The van der Waals surface area contributed by atoms with Gasteiger partial charge in [0.2, 0.25) is 0 Å². The largest absolute Gasteiger partial charge is 0.375 e. The molecule has 0 aromatic heterocycles. The molecule has 0 aliphatic carbocycles. The second kappa shape index (κ2) is 12.5. The molecule has 0 spiro atoms. The van der Waals surface area contributed by atoms with Crippen molar-refractivity contribution in [3.63, 3.8) is 0 Å². The smallest absolute Gasteiger partial charge is 0.346 e. The highest BCUT2D eigenvalue weighted by Crippen LogP contribution is 2.42. The summed E-state index contributed by atoms with van der Waals surface area (Å²) < 4.78 is 0. The third-order valence-electron chi connectivity index (χ3n) is 6.27. The van der Waals surface area contributed by atoms with Crippen molar-refractivity contribution in [1.82, 2.24) is 0 Å². The number of thiol groups is 2. The molecule has 4 aromatic carbocycles. The Labute approximate surface area is 247 Å². The van der Waals surface area contributed by atoms with Crippen molar-refractivity contribution >= 4 is 59.4 Å². The molecule has 16 heteroatoms. The van der Waals surface area contributed by atoms with Crippen LogP contribution in [0.4, 0.5) is 34.1 Å². The van der Waals surface area contributed by atoms with Gasteiger partial charge in [-0.25, -0.2) is 0 Å². The highest BCUT2D eigenvalue weighted by atomic mass is 32.1. The maximum atomic E-state index is 11.8. The molecule has 2 atom stereocenters. The van der Waals surface area contributed by atoms with Gasteiger partial charge in [0, 0.05) is 45.4 Å². The molecule has 2 unspecified atom stereocenters. The molecule has 214 valence electrons. The molecule has 0 saturated heterocycles. The van der Waals surface area contributed by atoms with Crippen LogP contribution in [-0.4, -0.2) is 19.7 Å². The minimum Gasteiger partial charge on any atom is -0.375 e. The van der Waals surface area contributed by atoms with Crippen LogP contribution in [0.2, 0.25) is 0 Å². The van der Waals surface area contributed by atoms with E-state index in [1.807, 2.05) is 0 Å². The van der Waals surface area contributed by atoms with Crippen LogP contribution in [0.5, 0.6) is 0 Å². The van der Waals surface area contributed by atoms with Crippen LogP contribution in [0.25, 0.3) is 0 Å². The van der Waals surface area contributed by atoms with Crippen molar-refractivity contribution < 1.29 is 19.7 Å². The normalized spacial score (nSPS) is 12.1. The van der Waals surface area contributed by atoms with E-state index in [0.717, 1.165) is 24.3 Å². The summed E-state index contributed by atoms with van der Waals surface area (Å²) in [5, 5.41) is 53.1. The molecule has 0 heterocycles. The average molecular weight is 609 g/mol. The van der Waals surface area contributed by atoms with Crippen molar-refractivity contribution in [3.05, 3.63) is 137 Å². The van der Waals surface area contributed by atoms with Gasteiger partial charge >= 0.3 is 22.7 Å². The lowest BCUT2D eigenvalue weighted by atomic mass is 9.91. The highest BCUT2D eigenvalue weighted by molar-refractivity contribution is 7.80. The summed E-state index contributed by atoms with van der Waals surface area (Å²) in [7, 11) is 0. The first-order valence-corrected chi connectivity index (χ1v) is 12.8. The summed E-state index contributed by atoms with van der Waals surface area (Å²) in [6, 6.07) is 18.3. The summed E-state index contributed by atoms with van der Waals surface area (Å²) in [4.78, 5) is 44.1. The van der Waals surface area contributed by atoms with E-state index in [2.05, 4.69) is 35.9 Å². The Hall–Kier alpha value is -5.22. The first-order chi connectivity index (χ1) is 20.0. The second-order valence-electron chi connectivity index (χ2n) is 8.80. The summed E-state index contributed by atoms with van der Waals surface area (Å²) in [6.07, 6.45) is 0. The Bertz CT molecular complexity index is 1600. The van der Waals surface area contributed by atoms with Crippen LogP contribution in [0.3, 0.4) is 0 Å². The van der Waals surface area contributed by atoms with Gasteiger partial charge in [-0.1, -0.05) is 24.3 Å². The molecule has 0 aliphatic heterocycles. The van der Waals surface area contributed by atoms with Crippen molar-refractivity contribution in [2.75, 3.05) is 10.6 Å². The Morgan fingerprint density at radius 3 is 1.14 bits per heavy atom. The van der Waals surface area contributed by atoms with E-state index in [1.165, 1.54) is 12.1 Å². The molecule has 0 bridgehead atoms. The summed E-state index contributed by atoms with van der Waals surface area (Å²) in [5.41, 5.74) is -1.68. The third-order valence-corrected chi connectivity index (χ3v) is 7.05. The Morgan fingerprint density at radius 2 is 0.833 bits per heavy atom. The zero-order valence-electron chi connectivity index (χ0n) is 21.2. The topological polar surface area (TPSA) is 197 Å². The van der Waals surface area contributed by atoms with Crippen molar-refractivity contribution in [3.8, 4) is 0 Å². The first-order valence-electron chi connectivity index (χ1n) is 11.9. The lowest BCUT2D eigenvalue weighted by Gasteiger charge is -2.32. The quantitative estimate of drug-likeness (QED) is 0.0789. The number of rotatable bonds is 11. The number of nitrogens with zero attached hydrogens (tertiary/aromatic N) is 4. The SMILES string of the molecule is O=[N+]([O-])c1ccc(C(Nc2ccccc2S)C(Nc2ccccc2S)c2ccc([N+](=O)[O-])c([N+](=O)[O-])c2)cc1[N+](=O)[O-]. The van der Waals surface area contributed by atoms with Crippen LogP contribution in [0.15, 0.2) is 94.7 Å². The standard InChI is InChI=1S/C26H20N6O8S2/c33-29(34)19-11-9-15(13-21(19)31(37)38)25(27-17-5-1-3-7-23(17)41)26(28-18-6-2-4-8-24(18)42)16-10-12-20(30(35)36)22(14-16)32(39)40/h1-14,25-28,41-42H. The van der Waals surface area contributed by atoms with Gasteiger partial charge in [0.15, 0.2) is 0 Å². The first kappa shape index (κ1) is 29.8. The summed E-state index contributed by atoms with van der Waals surface area (Å²) in [5.74, 6) is 0. The van der Waals surface area contributed by atoms with E-state index in [1.54, 1.807) is 48.5 Å². The van der Waals surface area contributed by atoms with E-state index in [0.29, 0.717) is 21.2 Å². The van der Waals surface area contributed by atoms with Gasteiger partial charge in [0.25, 0.3) is 0 Å². The predicted octanol–water partition coefficient (Wildman–Crippen LogP) is 6.90. The molecule has 2 N–H and O–H groups in total. The van der Waals surface area contributed by atoms with Gasteiger partial charge in [0.05, 0.1) is 31.8 Å². The molecule has 0 saturated carbocycles. The number of hydrogen-bond acceptors (Lipinski definition) is 12. The Kier molecular flexibility index (Phi) is 8.87. The highest BCUT2D eigenvalue weighted by Gasteiger charge is 2.33. The van der Waals surface area contributed by atoms with Crippen molar-refractivity contribution in [2.24, 2.45) is 0 Å². The predicted molar refractivity (Wildman–Crippen MR) is 160 cm³/mol. The number of hydrogen-bond donors (Lipinski definition) is 4. The maximum Gasteiger partial charge on any atom is 0.346 e. The van der Waals surface area contributed by atoms with E-state index in [9.17, 15) is 40.5 Å². The number of nitro groups is 4. The fraction of sp³-hybridized carbons (Fsp3) is 0.0769. The zero-order valence-corrected chi connectivity index (χ0v) is 23.0. The zero-order chi connectivity index (χ0) is 30.6. The number of nitrogens with one attached hydrogen (secondary N) is 2. The van der Waals surface area contributed by atoms with Crippen LogP contribution < -0.4 is 10.6 Å². The molecule has 4 rings (SSSR count). The van der Waals surface area contributed by atoms with E-state index in [-0.39, 0.29) is 11.1 Å². The molecule has 14 nitrogen and oxygen atoms in total. The molecule has 0 amide bonds. The number of anilines is 2. The molecular weight excluding hydrogens is 588 g/mol. The average Bonchev–Trinajstić information content (AvgIpc) is 2.96. The lowest BCUT2D eigenvalue weighted by molar-refractivity contribution is -0.422. The molecule has 4 aromatic rings. The Balaban J connectivity index is 2.00. The monoisotopic (exact) mass is 608 g/mol. The summed E-state index contributed by atoms with van der Waals surface area (Å²) >= 11 is 8.95. The van der Waals surface area contributed by atoms with Gasteiger partial charge in [-0.3, -0.25) is 40.5 Å². The fourth-order valence-electron chi connectivity index (χ4n) is 4.31. The lowest BCUT2D eigenvalue weighted by Crippen LogP contribution is -2.26. The van der Waals surface area contributed by atoms with Gasteiger partial charge in [0.1, 0.15) is 0 Å². The van der Waals surface area contributed by atoms with Gasteiger partial charge < -0.3 is 10.6 Å². The molecule has 42 heavy (non-hydrogen) atoms. The number of para-hydroxylation sites is 2. The molecule has 0 fully saturated rings. The van der Waals surface area contributed by atoms with Gasteiger partial charge in [-0.05, 0) is 47.5 Å². The fourth-order valence-corrected chi connectivity index (χ4v) is 4.76. The van der Waals surface area contributed by atoms with E-state index in [4.69, 9.17) is 0 Å². The second-order valence-corrected chi connectivity index (χ2v) is 9.77. The van der Waals surface area contributed by atoms with Crippen LogP contribution in [0, 0.1) is 40.5 Å². The van der Waals surface area contributed by atoms with Crippen LogP contribution in [0.1, 0.15) is 23.2 Å². The van der Waals surface area contributed by atoms with E-state index >= 15 is 0 Å². The van der Waals surface area contributed by atoms with Gasteiger partial charge in [-0.15, -0.1) is 25.3 Å². The molecule has 0 radical (unpaired) electrons. The third kappa shape index (κ3) is 6.39. The van der Waals surface area contributed by atoms with Crippen LogP contribution in [-0.2, 0) is 0 Å². The van der Waals surface area contributed by atoms with E-state index < -0.39 is 54.5 Å². The van der Waals surface area contributed by atoms with Crippen LogP contribution >= 0.6 is 25.3 Å². The summed E-state index contributed by atoms with van der Waals surface area (Å²) in [6.45, 7) is 0. The number of nitro benzene ring substituents is 4. The van der Waals surface area contributed by atoms with Crippen molar-refractivity contribution in [1.29, 1.82) is 0 Å². The Morgan fingerprint density at radius 1 is 0.500 bits per heavy atom. The van der Waals surface area contributed by atoms with Crippen molar-refractivity contribution in [2.45, 2.75) is 21.9 Å².